The molecule has 0 heterocycles. The van der Waals surface area contributed by atoms with Crippen molar-refractivity contribution in [3.8, 4) is 0 Å². The molecule has 1 aromatic rings. The van der Waals surface area contributed by atoms with E-state index in [4.69, 9.17) is 0 Å². The Morgan fingerprint density at radius 3 is 2.60 bits per heavy atom. The molecule has 0 bridgehead atoms. The smallest absolute Gasteiger partial charge is 0.389 e. The van der Waals surface area contributed by atoms with Crippen molar-refractivity contribution in [1.29, 1.82) is 0 Å². The molecule has 7 heteroatoms. The van der Waals surface area contributed by atoms with Crippen LogP contribution in [0.4, 0.5) is 18.9 Å². The van der Waals surface area contributed by atoms with E-state index in [9.17, 15) is 23.1 Å². The lowest BCUT2D eigenvalue weighted by molar-refractivity contribution is -0.135. The number of carboxylic acid groups (broad SMARTS) is 1. The summed E-state index contributed by atoms with van der Waals surface area (Å²) in [4.78, 5) is 11.8. The molecule has 0 amide bonds. The number of alkyl halides is 3. The number of halogens is 3. The zero-order valence-electron chi connectivity index (χ0n) is 11.0. The Kier molecular flexibility index (Phi) is 6.19. The van der Waals surface area contributed by atoms with Crippen molar-refractivity contribution in [3.05, 3.63) is 23.8 Å². The van der Waals surface area contributed by atoms with Crippen LogP contribution in [0.1, 0.15) is 29.6 Å². The fourth-order valence-electron chi connectivity index (χ4n) is 1.74. The van der Waals surface area contributed by atoms with Crippen molar-refractivity contribution in [3.63, 3.8) is 0 Å². The van der Waals surface area contributed by atoms with E-state index in [2.05, 4.69) is 5.32 Å². The number of carbonyl (C=O) groups is 1. The molecule has 0 radical (unpaired) electrons. The highest BCUT2D eigenvalue weighted by atomic mass is 32.2. The molecule has 0 unspecified atom stereocenters. The van der Waals surface area contributed by atoms with Crippen LogP contribution in [0.15, 0.2) is 23.1 Å². The van der Waals surface area contributed by atoms with Gasteiger partial charge in [-0.3, -0.25) is 0 Å². The fourth-order valence-corrected chi connectivity index (χ4v) is 2.36. The van der Waals surface area contributed by atoms with Crippen LogP contribution in [-0.2, 0) is 0 Å². The fraction of sp³-hybridized carbons (Fsp3) is 0.462. The second-order valence-corrected chi connectivity index (χ2v) is 5.04. The van der Waals surface area contributed by atoms with E-state index < -0.39 is 18.6 Å². The molecular weight excluding hydrogens is 291 g/mol. The van der Waals surface area contributed by atoms with E-state index in [1.54, 1.807) is 24.5 Å². The molecule has 1 rings (SSSR count). The number of nitrogens with one attached hydrogen (secondary N) is 1. The van der Waals surface area contributed by atoms with Gasteiger partial charge in [0.1, 0.15) is 0 Å². The van der Waals surface area contributed by atoms with Crippen molar-refractivity contribution in [2.45, 2.75) is 30.3 Å². The number of hydrogen-bond acceptors (Lipinski definition) is 3. The highest BCUT2D eigenvalue weighted by molar-refractivity contribution is 7.98. The molecule has 0 saturated heterocycles. The van der Waals surface area contributed by atoms with Crippen LogP contribution in [0.25, 0.3) is 0 Å². The largest absolute Gasteiger partial charge is 0.478 e. The van der Waals surface area contributed by atoms with E-state index in [0.29, 0.717) is 23.5 Å². The molecular formula is C13H16F3NO2S. The van der Waals surface area contributed by atoms with Gasteiger partial charge in [0.05, 0.1) is 5.56 Å². The molecule has 0 aliphatic heterocycles. The number of aromatic carboxylic acids is 1. The zero-order chi connectivity index (χ0) is 15.2. The topological polar surface area (TPSA) is 49.3 Å². The van der Waals surface area contributed by atoms with E-state index in [1.807, 2.05) is 0 Å². The third kappa shape index (κ3) is 5.32. The zero-order valence-corrected chi connectivity index (χ0v) is 11.8. The minimum Gasteiger partial charge on any atom is -0.478 e. The summed E-state index contributed by atoms with van der Waals surface area (Å²) in [6.07, 6.45) is -2.81. The number of carboxylic acids is 1. The Balaban J connectivity index is 2.58. The van der Waals surface area contributed by atoms with Gasteiger partial charge in [0.25, 0.3) is 0 Å². The van der Waals surface area contributed by atoms with Gasteiger partial charge in [-0.25, -0.2) is 4.79 Å². The van der Waals surface area contributed by atoms with E-state index in [-0.39, 0.29) is 12.0 Å². The third-order valence-electron chi connectivity index (χ3n) is 2.66. The maximum absolute atomic E-state index is 12.0. The second kappa shape index (κ2) is 7.42. The molecule has 112 valence electrons. The summed E-state index contributed by atoms with van der Waals surface area (Å²) >= 11 is 1.32. The summed E-state index contributed by atoms with van der Waals surface area (Å²) in [6, 6.07) is 5.03. The number of unbranched alkanes of at least 4 members (excludes halogenated alkanes) is 1. The van der Waals surface area contributed by atoms with Gasteiger partial charge in [-0.15, -0.1) is 11.8 Å². The van der Waals surface area contributed by atoms with Gasteiger partial charge < -0.3 is 10.4 Å². The second-order valence-electron chi connectivity index (χ2n) is 4.19. The molecule has 3 nitrogen and oxygen atoms in total. The standard InChI is InChI=1S/C13H16F3NO2S/c1-20-10-6-4-5-9(11(10)12(18)19)17-8-3-2-7-13(14,15)16/h4-6,17H,2-3,7-8H2,1H3,(H,18,19). The Labute approximate surface area is 119 Å². The highest BCUT2D eigenvalue weighted by Gasteiger charge is 2.25. The van der Waals surface area contributed by atoms with Gasteiger partial charge in [0.15, 0.2) is 0 Å². The van der Waals surface area contributed by atoms with Crippen molar-refractivity contribution >= 4 is 23.4 Å². The lowest BCUT2D eigenvalue weighted by Crippen LogP contribution is -2.11. The normalized spacial score (nSPS) is 11.4. The Bertz CT molecular complexity index is 463. The van der Waals surface area contributed by atoms with Gasteiger partial charge >= 0.3 is 12.1 Å². The Morgan fingerprint density at radius 2 is 2.05 bits per heavy atom. The first-order chi connectivity index (χ1) is 9.35. The van der Waals surface area contributed by atoms with E-state index in [0.717, 1.165) is 0 Å². The van der Waals surface area contributed by atoms with Crippen LogP contribution in [0, 0.1) is 0 Å². The number of anilines is 1. The molecule has 2 N–H and O–H groups in total. The minimum absolute atomic E-state index is 0.0289. The SMILES string of the molecule is CSc1cccc(NCCCCC(F)(F)F)c1C(=O)O. The first-order valence-corrected chi connectivity index (χ1v) is 7.28. The number of thioether (sulfide) groups is 1. The average molecular weight is 307 g/mol. The molecule has 0 aromatic heterocycles. The quantitative estimate of drug-likeness (QED) is 0.584. The molecule has 0 spiro atoms. The van der Waals surface area contributed by atoms with Gasteiger partial charge in [-0.2, -0.15) is 13.2 Å². The van der Waals surface area contributed by atoms with Crippen molar-refractivity contribution in [2.24, 2.45) is 0 Å². The van der Waals surface area contributed by atoms with Crippen molar-refractivity contribution in [1.82, 2.24) is 0 Å². The van der Waals surface area contributed by atoms with Gasteiger partial charge in [-0.1, -0.05) is 6.07 Å². The predicted molar refractivity (Wildman–Crippen MR) is 73.6 cm³/mol. The lowest BCUT2D eigenvalue weighted by atomic mass is 10.1. The predicted octanol–water partition coefficient (Wildman–Crippen LogP) is 4.25. The minimum atomic E-state index is -4.13. The van der Waals surface area contributed by atoms with Crippen molar-refractivity contribution in [2.75, 3.05) is 18.1 Å². The molecule has 0 aliphatic rings. The van der Waals surface area contributed by atoms with Crippen molar-refractivity contribution < 1.29 is 23.1 Å². The monoisotopic (exact) mass is 307 g/mol. The summed E-state index contributed by atoms with van der Waals surface area (Å²) in [6.45, 7) is 0.314. The van der Waals surface area contributed by atoms with Crippen LogP contribution in [0.2, 0.25) is 0 Å². The van der Waals surface area contributed by atoms with Crippen LogP contribution >= 0.6 is 11.8 Å². The van der Waals surface area contributed by atoms with Crippen LogP contribution < -0.4 is 5.32 Å². The molecule has 20 heavy (non-hydrogen) atoms. The molecule has 0 aliphatic carbocycles. The number of hydrogen-bond donors (Lipinski definition) is 2. The first-order valence-electron chi connectivity index (χ1n) is 6.06. The summed E-state index contributed by atoms with van der Waals surface area (Å²) in [5.41, 5.74) is 0.604. The average Bonchev–Trinajstić information content (AvgIpc) is 2.36. The van der Waals surface area contributed by atoms with Crippen LogP contribution in [0.3, 0.4) is 0 Å². The Hall–Kier alpha value is -1.37. The Morgan fingerprint density at radius 1 is 1.35 bits per heavy atom. The first kappa shape index (κ1) is 16.7. The van der Waals surface area contributed by atoms with Crippen LogP contribution in [0.5, 0.6) is 0 Å². The van der Waals surface area contributed by atoms with E-state index in [1.165, 1.54) is 11.8 Å². The summed E-state index contributed by atoms with van der Waals surface area (Å²) in [5, 5.41) is 12.1. The maximum atomic E-state index is 12.0. The van der Waals surface area contributed by atoms with Gasteiger partial charge in [0.2, 0.25) is 0 Å². The van der Waals surface area contributed by atoms with Crippen LogP contribution in [-0.4, -0.2) is 30.1 Å². The summed E-state index contributed by atoms with van der Waals surface area (Å²) in [5.74, 6) is -1.05. The van der Waals surface area contributed by atoms with Gasteiger partial charge in [-0.05, 0) is 31.2 Å². The van der Waals surface area contributed by atoms with Gasteiger partial charge in [0, 0.05) is 23.5 Å². The lowest BCUT2D eigenvalue weighted by Gasteiger charge is -2.12. The summed E-state index contributed by atoms with van der Waals surface area (Å²) in [7, 11) is 0. The molecule has 1 aromatic carbocycles. The van der Waals surface area contributed by atoms with E-state index >= 15 is 0 Å². The molecule has 0 fully saturated rings. The molecule has 0 atom stereocenters. The number of rotatable bonds is 7. The highest BCUT2D eigenvalue weighted by Crippen LogP contribution is 2.27. The maximum Gasteiger partial charge on any atom is 0.389 e. The third-order valence-corrected chi connectivity index (χ3v) is 3.44. The molecule has 0 saturated carbocycles. The summed E-state index contributed by atoms with van der Waals surface area (Å²) < 4.78 is 35.9. The number of benzene rings is 1.